The molecule has 180 valence electrons. The summed E-state index contributed by atoms with van der Waals surface area (Å²) in [6.45, 7) is 0.521. The molecular formula is C24H23F3N2O5. The van der Waals surface area contributed by atoms with Crippen molar-refractivity contribution in [1.82, 2.24) is 10.3 Å². The minimum absolute atomic E-state index is 0.205. The first-order valence-corrected chi connectivity index (χ1v) is 10.6. The molecule has 0 saturated carbocycles. The second-order valence-corrected chi connectivity index (χ2v) is 7.73. The van der Waals surface area contributed by atoms with Gasteiger partial charge in [0.15, 0.2) is 6.29 Å². The van der Waals surface area contributed by atoms with Gasteiger partial charge in [0.25, 0.3) is 5.91 Å². The number of benzene rings is 2. The van der Waals surface area contributed by atoms with Crippen LogP contribution in [0.3, 0.4) is 0 Å². The Labute approximate surface area is 193 Å². The van der Waals surface area contributed by atoms with Gasteiger partial charge < -0.3 is 24.3 Å². The highest BCUT2D eigenvalue weighted by Gasteiger charge is 2.31. The standard InChI is InChI=1S/C24H23F3N2O5/c1-31-19-7-8-21-20(12-19)15(10-11-28-21)4-9-22-32-13-17(14-33-22)29-23(30)16-2-5-18(6-3-16)34-24(25,26)27/h2-3,5-8,10-12,17,22H,4,9,13-14H2,1H3,(H,29,30). The molecule has 0 aliphatic carbocycles. The van der Waals surface area contributed by atoms with E-state index in [2.05, 4.69) is 15.0 Å². The molecule has 3 aromatic rings. The summed E-state index contributed by atoms with van der Waals surface area (Å²) in [5.74, 6) is -0.0731. The fraction of sp³-hybridized carbons (Fsp3) is 0.333. The lowest BCUT2D eigenvalue weighted by molar-refractivity contribution is -0.274. The molecule has 1 aliphatic rings. The van der Waals surface area contributed by atoms with E-state index < -0.39 is 24.3 Å². The molecule has 1 aliphatic heterocycles. The summed E-state index contributed by atoms with van der Waals surface area (Å²) in [5, 5.41) is 3.77. The number of nitrogens with zero attached hydrogens (tertiary/aromatic N) is 1. The molecule has 0 atom stereocenters. The van der Waals surface area contributed by atoms with Crippen molar-refractivity contribution < 1.29 is 36.9 Å². The summed E-state index contributed by atoms with van der Waals surface area (Å²) in [5.41, 5.74) is 2.19. The van der Waals surface area contributed by atoms with Gasteiger partial charge in [-0.3, -0.25) is 9.78 Å². The Balaban J connectivity index is 1.26. The third-order valence-electron chi connectivity index (χ3n) is 5.34. The Bertz CT molecular complexity index is 1130. The molecule has 7 nitrogen and oxygen atoms in total. The number of hydrogen-bond donors (Lipinski definition) is 1. The molecule has 2 aromatic carbocycles. The zero-order chi connectivity index (χ0) is 24.1. The monoisotopic (exact) mass is 476 g/mol. The number of carbonyl (C=O) groups excluding carboxylic acids is 1. The average molecular weight is 476 g/mol. The van der Waals surface area contributed by atoms with Crippen LogP contribution in [0.1, 0.15) is 22.3 Å². The van der Waals surface area contributed by atoms with Crippen molar-refractivity contribution in [3.63, 3.8) is 0 Å². The summed E-state index contributed by atoms with van der Waals surface area (Å²) >= 11 is 0. The van der Waals surface area contributed by atoms with Gasteiger partial charge in [0.05, 0.1) is 31.9 Å². The second kappa shape index (κ2) is 10.3. The number of amides is 1. The van der Waals surface area contributed by atoms with Gasteiger partial charge >= 0.3 is 6.36 Å². The van der Waals surface area contributed by atoms with Gasteiger partial charge in [-0.2, -0.15) is 0 Å². The van der Waals surface area contributed by atoms with Crippen LogP contribution in [0.15, 0.2) is 54.7 Å². The van der Waals surface area contributed by atoms with Crippen LogP contribution in [0.25, 0.3) is 10.9 Å². The van der Waals surface area contributed by atoms with Crippen LogP contribution in [0.5, 0.6) is 11.5 Å². The number of methoxy groups -OCH3 is 1. The van der Waals surface area contributed by atoms with Gasteiger partial charge in [0, 0.05) is 23.6 Å². The molecule has 4 rings (SSSR count). The SMILES string of the molecule is COc1ccc2nccc(CCC3OCC(NC(=O)c4ccc(OC(F)(F)F)cc4)CO3)c2c1. The van der Waals surface area contributed by atoms with E-state index in [0.717, 1.165) is 34.3 Å². The molecule has 0 bridgehead atoms. The van der Waals surface area contributed by atoms with E-state index in [9.17, 15) is 18.0 Å². The molecule has 1 N–H and O–H groups in total. The number of halogens is 3. The number of ether oxygens (including phenoxy) is 4. The first kappa shape index (κ1) is 23.8. The number of aryl methyl sites for hydroxylation is 1. The third-order valence-corrected chi connectivity index (χ3v) is 5.34. The number of nitrogens with one attached hydrogen (secondary N) is 1. The molecule has 2 heterocycles. The van der Waals surface area contributed by atoms with Crippen LogP contribution < -0.4 is 14.8 Å². The molecule has 1 amide bonds. The molecule has 10 heteroatoms. The molecule has 0 unspecified atom stereocenters. The second-order valence-electron chi connectivity index (χ2n) is 7.73. The van der Waals surface area contributed by atoms with Gasteiger partial charge in [-0.1, -0.05) is 0 Å². The van der Waals surface area contributed by atoms with Gasteiger partial charge in [-0.15, -0.1) is 13.2 Å². The summed E-state index contributed by atoms with van der Waals surface area (Å²) in [4.78, 5) is 16.8. The van der Waals surface area contributed by atoms with E-state index >= 15 is 0 Å². The van der Waals surface area contributed by atoms with Crippen LogP contribution in [-0.2, 0) is 15.9 Å². The largest absolute Gasteiger partial charge is 0.573 e. The molecule has 34 heavy (non-hydrogen) atoms. The molecular weight excluding hydrogens is 453 g/mol. The molecule has 1 saturated heterocycles. The number of rotatable bonds is 7. The Morgan fingerprint density at radius 1 is 1.09 bits per heavy atom. The van der Waals surface area contributed by atoms with Crippen molar-refractivity contribution >= 4 is 16.8 Å². The highest BCUT2D eigenvalue weighted by Crippen LogP contribution is 2.25. The third kappa shape index (κ3) is 6.15. The van der Waals surface area contributed by atoms with Gasteiger partial charge in [-0.05, 0) is 60.5 Å². The van der Waals surface area contributed by atoms with Gasteiger partial charge in [0.2, 0.25) is 0 Å². The van der Waals surface area contributed by atoms with E-state index in [4.69, 9.17) is 14.2 Å². The van der Waals surface area contributed by atoms with Crippen LogP contribution in [-0.4, -0.2) is 49.9 Å². The number of alkyl halides is 3. The highest BCUT2D eigenvalue weighted by molar-refractivity contribution is 5.94. The van der Waals surface area contributed by atoms with Crippen LogP contribution in [0, 0.1) is 0 Å². The first-order chi connectivity index (χ1) is 16.3. The minimum Gasteiger partial charge on any atom is -0.497 e. The van der Waals surface area contributed by atoms with Gasteiger partial charge in [0.1, 0.15) is 11.5 Å². The van der Waals surface area contributed by atoms with Crippen molar-refractivity contribution in [3.8, 4) is 11.5 Å². The zero-order valence-corrected chi connectivity index (χ0v) is 18.3. The molecule has 0 spiro atoms. The van der Waals surface area contributed by atoms with Gasteiger partial charge in [-0.25, -0.2) is 0 Å². The Morgan fingerprint density at radius 3 is 2.47 bits per heavy atom. The fourth-order valence-electron chi connectivity index (χ4n) is 3.67. The van der Waals surface area contributed by atoms with Crippen molar-refractivity contribution in [3.05, 3.63) is 65.9 Å². The first-order valence-electron chi connectivity index (χ1n) is 10.6. The smallest absolute Gasteiger partial charge is 0.497 e. The van der Waals surface area contributed by atoms with Crippen molar-refractivity contribution in [2.24, 2.45) is 0 Å². The van der Waals surface area contributed by atoms with E-state index in [-0.39, 0.29) is 24.8 Å². The average Bonchev–Trinajstić information content (AvgIpc) is 2.82. The van der Waals surface area contributed by atoms with E-state index in [1.54, 1.807) is 13.3 Å². The predicted octanol–water partition coefficient (Wildman–Crippen LogP) is 4.25. The van der Waals surface area contributed by atoms with Crippen LogP contribution >= 0.6 is 0 Å². The summed E-state index contributed by atoms with van der Waals surface area (Å²) < 4.78 is 57.4. The van der Waals surface area contributed by atoms with Crippen molar-refractivity contribution in [2.75, 3.05) is 20.3 Å². The highest BCUT2D eigenvalue weighted by atomic mass is 19.4. The van der Waals surface area contributed by atoms with E-state index in [0.29, 0.717) is 12.8 Å². The Kier molecular flexibility index (Phi) is 7.18. The number of fused-ring (bicyclic) bond motifs is 1. The van der Waals surface area contributed by atoms with E-state index in [1.165, 1.54) is 12.1 Å². The summed E-state index contributed by atoms with van der Waals surface area (Å²) in [6, 6.07) is 12.0. The number of carbonyl (C=O) groups is 1. The predicted molar refractivity (Wildman–Crippen MR) is 117 cm³/mol. The number of hydrogen-bond acceptors (Lipinski definition) is 6. The van der Waals surface area contributed by atoms with Crippen molar-refractivity contribution in [2.45, 2.75) is 31.5 Å². The normalized spacial score (nSPS) is 18.5. The lowest BCUT2D eigenvalue weighted by Gasteiger charge is -2.30. The molecule has 1 fully saturated rings. The minimum atomic E-state index is -4.78. The number of pyridine rings is 1. The Hall–Kier alpha value is -3.37. The summed E-state index contributed by atoms with van der Waals surface area (Å²) in [6.07, 6.45) is -2.10. The van der Waals surface area contributed by atoms with Crippen molar-refractivity contribution in [1.29, 1.82) is 0 Å². The maximum atomic E-state index is 12.4. The van der Waals surface area contributed by atoms with Crippen LogP contribution in [0.4, 0.5) is 13.2 Å². The maximum absolute atomic E-state index is 12.4. The lowest BCUT2D eigenvalue weighted by Crippen LogP contribution is -2.47. The molecule has 1 aromatic heterocycles. The fourth-order valence-corrected chi connectivity index (χ4v) is 3.67. The van der Waals surface area contributed by atoms with Crippen LogP contribution in [0.2, 0.25) is 0 Å². The topological polar surface area (TPSA) is 78.9 Å². The molecule has 0 radical (unpaired) electrons. The zero-order valence-electron chi connectivity index (χ0n) is 18.3. The quantitative estimate of drug-likeness (QED) is 0.550. The summed E-state index contributed by atoms with van der Waals surface area (Å²) in [7, 11) is 1.62. The Morgan fingerprint density at radius 2 is 1.79 bits per heavy atom. The number of aromatic nitrogens is 1. The van der Waals surface area contributed by atoms with E-state index in [1.807, 2.05) is 24.3 Å². The maximum Gasteiger partial charge on any atom is 0.573 e. The lowest BCUT2D eigenvalue weighted by atomic mass is 10.0.